The first-order chi connectivity index (χ1) is 14.3. The van der Waals surface area contributed by atoms with E-state index in [1.807, 2.05) is 5.01 Å². The van der Waals surface area contributed by atoms with Crippen molar-refractivity contribution in [1.82, 2.24) is 10.7 Å². The smallest absolute Gasteiger partial charge is 0.227 e. The molecule has 3 fully saturated rings. The molecule has 4 rings (SSSR count). The first-order valence-electron chi connectivity index (χ1n) is 10.1. The quantitative estimate of drug-likeness (QED) is 0.676. The maximum Gasteiger partial charge on any atom is 0.227 e. The molecule has 1 aromatic carbocycles. The van der Waals surface area contributed by atoms with Gasteiger partial charge < -0.3 is 15.1 Å². The highest BCUT2D eigenvalue weighted by atomic mass is 35.5. The number of amides is 1. The number of nitriles is 1. The highest BCUT2D eigenvalue weighted by molar-refractivity contribution is 7.92. The van der Waals surface area contributed by atoms with Gasteiger partial charge in [0.15, 0.2) is 9.84 Å². The van der Waals surface area contributed by atoms with Crippen molar-refractivity contribution in [1.29, 1.82) is 5.26 Å². The number of sulfone groups is 1. The van der Waals surface area contributed by atoms with Crippen LogP contribution in [0.1, 0.15) is 32.1 Å². The number of nitrogens with zero attached hydrogens (tertiary/aromatic N) is 2. The van der Waals surface area contributed by atoms with Gasteiger partial charge in [0, 0.05) is 20.2 Å². The molecule has 162 valence electrons. The molecule has 2 saturated carbocycles. The van der Waals surface area contributed by atoms with Crippen molar-refractivity contribution in [3.8, 4) is 6.07 Å². The highest BCUT2D eigenvalue weighted by Gasteiger charge is 2.50. The Kier molecular flexibility index (Phi) is 5.70. The van der Waals surface area contributed by atoms with Crippen LogP contribution >= 0.6 is 11.6 Å². The van der Waals surface area contributed by atoms with Gasteiger partial charge in [0.25, 0.3) is 0 Å². The summed E-state index contributed by atoms with van der Waals surface area (Å²) in [6.45, 7) is 1.70. The Morgan fingerprint density at radius 3 is 2.73 bits per heavy atom. The van der Waals surface area contributed by atoms with Crippen molar-refractivity contribution in [2.75, 3.05) is 25.2 Å². The Morgan fingerprint density at radius 1 is 1.40 bits per heavy atom. The predicted molar refractivity (Wildman–Crippen MR) is 112 cm³/mol. The van der Waals surface area contributed by atoms with Crippen LogP contribution in [0.4, 0.5) is 5.69 Å². The number of halogens is 1. The Labute approximate surface area is 181 Å². The van der Waals surface area contributed by atoms with E-state index in [9.17, 15) is 18.5 Å². The summed E-state index contributed by atoms with van der Waals surface area (Å²) in [6.07, 6.45) is 2.08. The van der Waals surface area contributed by atoms with Gasteiger partial charge in [-0.1, -0.05) is 11.6 Å². The van der Waals surface area contributed by atoms with Crippen LogP contribution in [0, 0.1) is 17.2 Å². The second-order valence-electron chi connectivity index (χ2n) is 8.23. The van der Waals surface area contributed by atoms with Gasteiger partial charge in [0.2, 0.25) is 5.91 Å². The van der Waals surface area contributed by atoms with Crippen molar-refractivity contribution >= 4 is 33.0 Å². The zero-order valence-corrected chi connectivity index (χ0v) is 18.3. The van der Waals surface area contributed by atoms with E-state index in [-0.39, 0.29) is 28.7 Å². The third kappa shape index (κ3) is 3.89. The predicted octanol–water partition coefficient (Wildman–Crippen LogP) is 1.79. The van der Waals surface area contributed by atoms with E-state index in [0.717, 1.165) is 25.2 Å². The molecule has 0 spiro atoms. The number of benzene rings is 1. The lowest BCUT2D eigenvalue weighted by molar-refractivity contribution is -0.128. The number of hydrogen-bond donors (Lipinski definition) is 2. The number of carbonyl (C=O) groups is 1. The second kappa shape index (κ2) is 8.00. The summed E-state index contributed by atoms with van der Waals surface area (Å²) >= 11 is 6.37. The van der Waals surface area contributed by atoms with Crippen molar-refractivity contribution in [3.63, 3.8) is 0 Å². The molecule has 1 heterocycles. The Balaban J connectivity index is 1.52. The molecule has 1 aliphatic heterocycles. The van der Waals surface area contributed by atoms with Gasteiger partial charge in [-0.3, -0.25) is 4.79 Å². The zero-order valence-electron chi connectivity index (χ0n) is 16.7. The zero-order chi connectivity index (χ0) is 21.5. The Morgan fingerprint density at radius 2 is 2.17 bits per heavy atom. The van der Waals surface area contributed by atoms with E-state index in [0.29, 0.717) is 12.8 Å². The van der Waals surface area contributed by atoms with E-state index in [2.05, 4.69) is 16.8 Å². The van der Waals surface area contributed by atoms with Gasteiger partial charge in [0.05, 0.1) is 38.9 Å². The third-order valence-electron chi connectivity index (χ3n) is 6.26. The van der Waals surface area contributed by atoms with Crippen LogP contribution in [-0.2, 0) is 19.4 Å². The molecule has 1 amide bonds. The summed E-state index contributed by atoms with van der Waals surface area (Å²) in [5, 5.41) is 13.3. The summed E-state index contributed by atoms with van der Waals surface area (Å²) in [5.74, 6) is -0.937. The number of ether oxygens (including phenoxy) is 1. The molecule has 2 N–H and O–H groups in total. The van der Waals surface area contributed by atoms with Crippen LogP contribution in [0.25, 0.3) is 0 Å². The summed E-state index contributed by atoms with van der Waals surface area (Å²) < 4.78 is 32.1. The summed E-state index contributed by atoms with van der Waals surface area (Å²) in [7, 11) is -2.27. The topological polar surface area (TPSA) is 112 Å². The lowest BCUT2D eigenvalue weighted by atomic mass is 10.0. The fraction of sp³-hybridized carbons (Fsp3) is 0.600. The maximum atomic E-state index is 13.3. The number of anilines is 1. The first-order valence-corrected chi connectivity index (χ1v) is 12.0. The van der Waals surface area contributed by atoms with Crippen molar-refractivity contribution in [2.24, 2.45) is 5.92 Å². The number of carbonyl (C=O) groups excluding carboxylic acids is 1. The molecule has 1 saturated heterocycles. The molecule has 3 atom stereocenters. The summed E-state index contributed by atoms with van der Waals surface area (Å²) in [4.78, 5) is 12.8. The van der Waals surface area contributed by atoms with Gasteiger partial charge >= 0.3 is 0 Å². The van der Waals surface area contributed by atoms with Crippen LogP contribution in [0.3, 0.4) is 0 Å². The molecule has 10 heteroatoms. The standard InChI is InChI=1S/C20H25ClN4O4S/c1-29-17-11-14(10-15(17)19(26)24-20(12-22)5-6-20)30(27,28)18-4-3-13(9-16(18)21)25-8-2-7-23-25/h3-4,9,14-15,17,23H,2,5-8,10-11H2,1H3,(H,24,26)/t14-,15-,17-/m0/s1. The monoisotopic (exact) mass is 452 g/mol. The first kappa shape index (κ1) is 21.4. The number of hydrazine groups is 1. The second-order valence-corrected chi connectivity index (χ2v) is 10.8. The van der Waals surface area contributed by atoms with Gasteiger partial charge in [-0.15, -0.1) is 0 Å². The Hall–Kier alpha value is -1.86. The van der Waals surface area contributed by atoms with Crippen LogP contribution in [0.15, 0.2) is 23.1 Å². The van der Waals surface area contributed by atoms with E-state index in [1.54, 1.807) is 12.1 Å². The highest BCUT2D eigenvalue weighted by Crippen LogP contribution is 2.40. The van der Waals surface area contributed by atoms with Crippen LogP contribution in [0.2, 0.25) is 5.02 Å². The lowest BCUT2D eigenvalue weighted by Crippen LogP contribution is -2.42. The van der Waals surface area contributed by atoms with Crippen LogP contribution in [-0.4, -0.2) is 51.4 Å². The molecule has 0 aromatic heterocycles. The fourth-order valence-electron chi connectivity index (χ4n) is 4.28. The normalized spacial score (nSPS) is 27.6. The number of methoxy groups -OCH3 is 1. The molecule has 2 aliphatic carbocycles. The molecular weight excluding hydrogens is 428 g/mol. The van der Waals surface area contributed by atoms with Crippen LogP contribution < -0.4 is 15.8 Å². The Bertz CT molecular complexity index is 983. The van der Waals surface area contributed by atoms with Gasteiger partial charge in [0.1, 0.15) is 5.54 Å². The van der Waals surface area contributed by atoms with E-state index in [1.165, 1.54) is 13.2 Å². The summed E-state index contributed by atoms with van der Waals surface area (Å²) in [6, 6.07) is 7.06. The SMILES string of the molecule is CO[C@H]1C[C@@H](S(=O)(=O)c2ccc(N3CCCN3)cc2Cl)C[C@@H]1C(=O)NC1(C#N)CC1. The van der Waals surface area contributed by atoms with E-state index >= 15 is 0 Å². The molecule has 0 unspecified atom stereocenters. The molecule has 0 radical (unpaired) electrons. The lowest BCUT2D eigenvalue weighted by Gasteiger charge is -2.20. The third-order valence-corrected chi connectivity index (χ3v) is 8.92. The molecule has 0 bridgehead atoms. The minimum absolute atomic E-state index is 0.0729. The molecular formula is C20H25ClN4O4S. The van der Waals surface area contributed by atoms with Gasteiger partial charge in [-0.05, 0) is 50.3 Å². The fourth-order valence-corrected chi connectivity index (χ4v) is 6.63. The number of nitrogens with one attached hydrogen (secondary N) is 2. The average Bonchev–Trinajstić information content (AvgIpc) is 3.13. The number of rotatable bonds is 6. The average molecular weight is 453 g/mol. The van der Waals surface area contributed by atoms with Crippen molar-refractivity contribution < 1.29 is 17.9 Å². The van der Waals surface area contributed by atoms with Crippen LogP contribution in [0.5, 0.6) is 0 Å². The van der Waals surface area contributed by atoms with Crippen molar-refractivity contribution in [3.05, 3.63) is 23.2 Å². The largest absolute Gasteiger partial charge is 0.381 e. The minimum atomic E-state index is -3.75. The van der Waals surface area contributed by atoms with Crippen molar-refractivity contribution in [2.45, 2.75) is 53.9 Å². The summed E-state index contributed by atoms with van der Waals surface area (Å²) in [5.41, 5.74) is 3.24. The van der Waals surface area contributed by atoms with E-state index < -0.39 is 32.6 Å². The minimum Gasteiger partial charge on any atom is -0.381 e. The molecule has 3 aliphatic rings. The van der Waals surface area contributed by atoms with Gasteiger partial charge in [-0.25, -0.2) is 13.8 Å². The molecule has 8 nitrogen and oxygen atoms in total. The maximum absolute atomic E-state index is 13.3. The van der Waals surface area contributed by atoms with E-state index in [4.69, 9.17) is 16.3 Å². The number of hydrogen-bond acceptors (Lipinski definition) is 7. The molecule has 1 aromatic rings. The van der Waals surface area contributed by atoms with Gasteiger partial charge in [-0.2, -0.15) is 5.26 Å². The molecule has 30 heavy (non-hydrogen) atoms.